The van der Waals surface area contributed by atoms with Gasteiger partial charge in [-0.3, -0.25) is 10.8 Å². The molecule has 0 aromatic carbocycles. The van der Waals surface area contributed by atoms with E-state index in [-0.39, 0.29) is 5.96 Å². The summed E-state index contributed by atoms with van der Waals surface area (Å²) in [7, 11) is -2.17. The topological polar surface area (TPSA) is 149 Å². The first-order valence-electron chi connectivity index (χ1n) is 1.85. The van der Waals surface area contributed by atoms with E-state index in [1.807, 2.05) is 5.43 Å². The van der Waals surface area contributed by atoms with Crippen LogP contribution in [-0.2, 0) is 0 Å². The van der Waals surface area contributed by atoms with Gasteiger partial charge in [0, 0.05) is 0 Å². The number of hydrogen-bond donors (Lipinski definition) is 7. The molecule has 0 aliphatic heterocycles. The maximum Gasteiger partial charge on any atom is 0.631 e. The average Bonchev–Trinajstić information content (AvgIpc) is 1.65. The highest BCUT2D eigenvalue weighted by molar-refractivity contribution is 6.30. The molecule has 7 nitrogen and oxygen atoms in total. The van der Waals surface area contributed by atoms with Crippen molar-refractivity contribution >= 4 is 13.3 Å². The monoisotopic (exact) mass is 136 g/mol. The number of guanidine groups is 1. The summed E-state index contributed by atoms with van der Waals surface area (Å²) in [6, 6.07) is 0. The highest BCUT2D eigenvalue weighted by atomic mass is 16.5. The third-order valence-electron chi connectivity index (χ3n) is 0.156. The molecule has 0 spiro atoms. The fourth-order valence-electron chi connectivity index (χ4n) is 0. The van der Waals surface area contributed by atoms with E-state index in [1.54, 1.807) is 0 Å². The van der Waals surface area contributed by atoms with Gasteiger partial charge in [-0.2, -0.15) is 0 Å². The molecule has 0 aromatic rings. The molecule has 0 amide bonds. The molecule has 54 valence electrons. The van der Waals surface area contributed by atoms with Gasteiger partial charge < -0.3 is 20.8 Å². The number of hydrazine groups is 1. The van der Waals surface area contributed by atoms with Gasteiger partial charge in [-0.1, -0.05) is 0 Å². The van der Waals surface area contributed by atoms with E-state index in [4.69, 9.17) is 20.5 Å². The predicted molar refractivity (Wildman–Crippen MR) is 31.6 cm³/mol. The molecule has 0 saturated carbocycles. The molecular formula is CH9BN4O3. The number of nitrogens with two attached hydrogens (primary N) is 2. The Bertz CT molecular complexity index is 73.5. The van der Waals surface area contributed by atoms with E-state index in [9.17, 15) is 0 Å². The molecule has 0 bridgehead atoms. The molecule has 0 unspecified atom stereocenters. The zero-order valence-corrected chi connectivity index (χ0v) is 4.57. The lowest BCUT2D eigenvalue weighted by molar-refractivity contribution is 0.278. The smallest absolute Gasteiger partial charge is 0.402 e. The molecule has 0 radical (unpaired) electrons. The number of hydrogen-bond acceptors (Lipinski definition) is 5. The minimum absolute atomic E-state index is 0.218. The third kappa shape index (κ3) is 139. The standard InChI is InChI=1S/CH6N4.BH3O3/c2-1(3)5-4;2-1(3)4/h4H2,(H4,2,3,5);2-4H. The van der Waals surface area contributed by atoms with Crippen molar-refractivity contribution in [3.8, 4) is 0 Å². The molecule has 0 atom stereocenters. The molecule has 0 aliphatic carbocycles. The third-order valence-corrected chi connectivity index (χ3v) is 0.156. The molecule has 0 aromatic heterocycles. The SMILES string of the molecule is N=C(N)NN.OB(O)O. The van der Waals surface area contributed by atoms with Crippen molar-refractivity contribution in [1.29, 1.82) is 5.41 Å². The summed E-state index contributed by atoms with van der Waals surface area (Å²) in [5.74, 6) is 4.35. The van der Waals surface area contributed by atoms with Crippen LogP contribution in [0, 0.1) is 5.41 Å². The van der Waals surface area contributed by atoms with Crippen LogP contribution in [0.2, 0.25) is 0 Å². The molecule has 0 fully saturated rings. The first-order valence-corrected chi connectivity index (χ1v) is 1.85. The molecule has 0 aliphatic rings. The van der Waals surface area contributed by atoms with Crippen molar-refractivity contribution in [2.45, 2.75) is 0 Å². The van der Waals surface area contributed by atoms with Crippen molar-refractivity contribution in [1.82, 2.24) is 5.43 Å². The molecule has 9 heavy (non-hydrogen) atoms. The Morgan fingerprint density at radius 1 is 1.44 bits per heavy atom. The lowest BCUT2D eigenvalue weighted by atomic mass is 10.3. The summed E-state index contributed by atoms with van der Waals surface area (Å²) in [5, 5.41) is 27.8. The van der Waals surface area contributed by atoms with Crippen molar-refractivity contribution in [3.05, 3.63) is 0 Å². The average molecular weight is 136 g/mol. The van der Waals surface area contributed by atoms with Crippen LogP contribution >= 0.6 is 0 Å². The Kier molecular flexibility index (Phi) is 8.80. The zero-order valence-electron chi connectivity index (χ0n) is 4.57. The van der Waals surface area contributed by atoms with Gasteiger partial charge in [-0.05, 0) is 0 Å². The zero-order chi connectivity index (χ0) is 7.86. The quantitative estimate of drug-likeness (QED) is 0.0598. The van der Waals surface area contributed by atoms with Crippen molar-refractivity contribution in [2.24, 2.45) is 11.6 Å². The lowest BCUT2D eigenvalue weighted by Gasteiger charge is -1.85. The normalized spacial score (nSPS) is 6.67. The maximum atomic E-state index is 7.17. The maximum absolute atomic E-state index is 7.17. The summed E-state index contributed by atoms with van der Waals surface area (Å²) < 4.78 is 0. The van der Waals surface area contributed by atoms with E-state index in [0.717, 1.165) is 0 Å². The van der Waals surface area contributed by atoms with E-state index in [2.05, 4.69) is 11.6 Å². The Hall–Kier alpha value is -0.825. The van der Waals surface area contributed by atoms with Crippen molar-refractivity contribution < 1.29 is 15.1 Å². The second kappa shape index (κ2) is 7.17. The van der Waals surface area contributed by atoms with Crippen LogP contribution in [0.25, 0.3) is 0 Å². The first kappa shape index (κ1) is 11.0. The molecule has 0 saturated heterocycles. The van der Waals surface area contributed by atoms with Gasteiger partial charge in [-0.25, -0.2) is 5.84 Å². The minimum atomic E-state index is -2.17. The Balaban J connectivity index is 0. The van der Waals surface area contributed by atoms with E-state index in [1.165, 1.54) is 0 Å². The fourth-order valence-corrected chi connectivity index (χ4v) is 0. The van der Waals surface area contributed by atoms with Gasteiger partial charge >= 0.3 is 7.32 Å². The highest BCUT2D eigenvalue weighted by Crippen LogP contribution is 1.40. The van der Waals surface area contributed by atoms with Crippen LogP contribution in [-0.4, -0.2) is 28.4 Å². The summed E-state index contributed by atoms with van der Waals surface area (Å²) >= 11 is 0. The van der Waals surface area contributed by atoms with Crippen LogP contribution < -0.4 is 17.0 Å². The molecule has 8 heteroatoms. The van der Waals surface area contributed by atoms with Gasteiger partial charge in [0.2, 0.25) is 0 Å². The second-order valence-corrected chi connectivity index (χ2v) is 0.904. The van der Waals surface area contributed by atoms with E-state index < -0.39 is 7.32 Å². The minimum Gasteiger partial charge on any atom is -0.402 e. The van der Waals surface area contributed by atoms with Crippen molar-refractivity contribution in [3.63, 3.8) is 0 Å². The summed E-state index contributed by atoms with van der Waals surface area (Å²) in [5.41, 5.74) is 6.53. The van der Waals surface area contributed by atoms with E-state index >= 15 is 0 Å². The van der Waals surface area contributed by atoms with Gasteiger partial charge in [-0.15, -0.1) is 0 Å². The van der Waals surface area contributed by atoms with Gasteiger partial charge in [0.1, 0.15) is 0 Å². The van der Waals surface area contributed by atoms with Crippen LogP contribution in [0.1, 0.15) is 0 Å². The van der Waals surface area contributed by atoms with Gasteiger partial charge in [0.05, 0.1) is 0 Å². The summed E-state index contributed by atoms with van der Waals surface area (Å²) in [6.07, 6.45) is 0. The summed E-state index contributed by atoms with van der Waals surface area (Å²) in [4.78, 5) is 0. The number of nitrogens with one attached hydrogen (secondary N) is 2. The lowest BCUT2D eigenvalue weighted by Crippen LogP contribution is -2.35. The molecule has 9 N–H and O–H groups in total. The Morgan fingerprint density at radius 2 is 1.56 bits per heavy atom. The van der Waals surface area contributed by atoms with Gasteiger partial charge in [0.25, 0.3) is 0 Å². The van der Waals surface area contributed by atoms with Crippen LogP contribution in [0.5, 0.6) is 0 Å². The largest absolute Gasteiger partial charge is 0.631 e. The number of rotatable bonds is 0. The summed E-state index contributed by atoms with van der Waals surface area (Å²) in [6.45, 7) is 0. The second-order valence-electron chi connectivity index (χ2n) is 0.904. The van der Waals surface area contributed by atoms with Crippen LogP contribution in [0.4, 0.5) is 0 Å². The van der Waals surface area contributed by atoms with Crippen LogP contribution in [0.15, 0.2) is 0 Å². The molecule has 0 rings (SSSR count). The van der Waals surface area contributed by atoms with Crippen LogP contribution in [0.3, 0.4) is 0 Å². The predicted octanol–water partition coefficient (Wildman–Crippen LogP) is -3.71. The highest BCUT2D eigenvalue weighted by Gasteiger charge is 1.92. The van der Waals surface area contributed by atoms with Gasteiger partial charge in [0.15, 0.2) is 5.96 Å². The van der Waals surface area contributed by atoms with Crippen molar-refractivity contribution in [2.75, 3.05) is 0 Å². The van der Waals surface area contributed by atoms with E-state index in [0.29, 0.717) is 0 Å². The first-order chi connectivity index (χ1) is 4.00. The Labute approximate surface area is 51.9 Å². The Morgan fingerprint density at radius 3 is 1.56 bits per heavy atom. The molecular weight excluding hydrogens is 127 g/mol. The molecule has 0 heterocycles. The fraction of sp³-hybridized carbons (Fsp3) is 0.